The third kappa shape index (κ3) is 5.03. The lowest BCUT2D eigenvalue weighted by Crippen LogP contribution is -2.45. The molecule has 5 heteroatoms. The van der Waals surface area contributed by atoms with Crippen molar-refractivity contribution in [2.45, 2.75) is 32.2 Å². The lowest BCUT2D eigenvalue weighted by molar-refractivity contribution is 0.0158. The number of carboxylic acids is 1. The fourth-order valence-electron chi connectivity index (χ4n) is 3.46. The van der Waals surface area contributed by atoms with Crippen LogP contribution in [0.5, 0.6) is 0 Å². The molecule has 1 saturated heterocycles. The first-order valence-corrected chi connectivity index (χ1v) is 8.23. The van der Waals surface area contributed by atoms with Crippen LogP contribution in [0.3, 0.4) is 0 Å². The maximum Gasteiger partial charge on any atom is 0.335 e. The van der Waals surface area contributed by atoms with Gasteiger partial charge in [-0.2, -0.15) is 0 Å². The molecule has 1 aromatic rings. The SMILES string of the molecule is COCCCC1(CO)CCCN(Cc2ccc(C(=O)O)cc2)C1. The Balaban J connectivity index is 1.95. The summed E-state index contributed by atoms with van der Waals surface area (Å²) in [5.41, 5.74) is 1.40. The molecule has 0 amide bonds. The number of piperidine rings is 1. The molecule has 0 spiro atoms. The van der Waals surface area contributed by atoms with Gasteiger partial charge in [0.2, 0.25) is 0 Å². The van der Waals surface area contributed by atoms with E-state index in [1.807, 2.05) is 12.1 Å². The summed E-state index contributed by atoms with van der Waals surface area (Å²) in [5.74, 6) is -0.896. The number of ether oxygens (including phenoxy) is 1. The third-order valence-electron chi connectivity index (χ3n) is 4.74. The number of rotatable bonds is 8. The number of carboxylic acid groups (broad SMARTS) is 1. The number of aromatic carboxylic acids is 1. The quantitative estimate of drug-likeness (QED) is 0.720. The van der Waals surface area contributed by atoms with Gasteiger partial charge in [0.25, 0.3) is 0 Å². The van der Waals surface area contributed by atoms with E-state index in [1.165, 1.54) is 0 Å². The van der Waals surface area contributed by atoms with E-state index >= 15 is 0 Å². The largest absolute Gasteiger partial charge is 0.478 e. The monoisotopic (exact) mass is 321 g/mol. The molecule has 2 N–H and O–H groups in total. The molecule has 1 heterocycles. The molecule has 1 unspecified atom stereocenters. The number of nitrogens with zero attached hydrogens (tertiary/aromatic N) is 1. The molecule has 5 nitrogen and oxygen atoms in total. The molecule has 1 aliphatic heterocycles. The fraction of sp³-hybridized carbons (Fsp3) is 0.611. The molecular formula is C18H27NO4. The van der Waals surface area contributed by atoms with Crippen LogP contribution >= 0.6 is 0 Å². The van der Waals surface area contributed by atoms with Crippen LogP contribution in [-0.2, 0) is 11.3 Å². The summed E-state index contributed by atoms with van der Waals surface area (Å²) in [5, 5.41) is 18.8. The van der Waals surface area contributed by atoms with Crippen molar-refractivity contribution in [3.63, 3.8) is 0 Å². The number of hydrogen-bond acceptors (Lipinski definition) is 4. The molecule has 1 aliphatic rings. The number of aliphatic hydroxyl groups is 1. The van der Waals surface area contributed by atoms with Crippen LogP contribution in [0, 0.1) is 5.41 Å². The van der Waals surface area contributed by atoms with Crippen molar-refractivity contribution < 1.29 is 19.7 Å². The van der Waals surface area contributed by atoms with E-state index in [-0.39, 0.29) is 12.0 Å². The average molecular weight is 321 g/mol. The van der Waals surface area contributed by atoms with Crippen molar-refractivity contribution in [1.82, 2.24) is 4.90 Å². The van der Waals surface area contributed by atoms with Gasteiger partial charge in [-0.1, -0.05) is 12.1 Å². The van der Waals surface area contributed by atoms with Crippen LogP contribution in [0.25, 0.3) is 0 Å². The van der Waals surface area contributed by atoms with Crippen LogP contribution in [0.1, 0.15) is 41.6 Å². The highest BCUT2D eigenvalue weighted by atomic mass is 16.5. The highest BCUT2D eigenvalue weighted by molar-refractivity contribution is 5.87. The first-order chi connectivity index (χ1) is 11.1. The Bertz CT molecular complexity index is 502. The highest BCUT2D eigenvalue weighted by Crippen LogP contribution is 2.34. The molecule has 0 aromatic heterocycles. The first-order valence-electron chi connectivity index (χ1n) is 8.23. The minimum atomic E-state index is -0.896. The van der Waals surface area contributed by atoms with E-state index < -0.39 is 5.97 Å². The number of hydrogen-bond donors (Lipinski definition) is 2. The molecule has 1 aromatic carbocycles. The summed E-state index contributed by atoms with van der Waals surface area (Å²) in [4.78, 5) is 13.3. The molecule has 0 aliphatic carbocycles. The maximum atomic E-state index is 10.9. The Labute approximate surface area is 137 Å². The predicted molar refractivity (Wildman–Crippen MR) is 88.5 cm³/mol. The van der Waals surface area contributed by atoms with Crippen LogP contribution in [0.15, 0.2) is 24.3 Å². The second kappa shape index (κ2) is 8.43. The Morgan fingerprint density at radius 3 is 2.70 bits per heavy atom. The van der Waals surface area contributed by atoms with E-state index in [0.717, 1.165) is 57.5 Å². The van der Waals surface area contributed by atoms with Gasteiger partial charge in [-0.25, -0.2) is 4.79 Å². The molecular weight excluding hydrogens is 294 g/mol. The summed E-state index contributed by atoms with van der Waals surface area (Å²) in [7, 11) is 1.71. The maximum absolute atomic E-state index is 10.9. The molecule has 128 valence electrons. The molecule has 2 rings (SSSR count). The van der Waals surface area contributed by atoms with E-state index in [1.54, 1.807) is 19.2 Å². The zero-order chi connectivity index (χ0) is 16.7. The molecule has 1 fully saturated rings. The van der Waals surface area contributed by atoms with Gasteiger partial charge in [0, 0.05) is 38.8 Å². The Kier molecular flexibility index (Phi) is 6.57. The molecule has 0 saturated carbocycles. The average Bonchev–Trinajstić information content (AvgIpc) is 2.56. The van der Waals surface area contributed by atoms with E-state index in [2.05, 4.69) is 4.90 Å². The van der Waals surface area contributed by atoms with Gasteiger partial charge in [-0.05, 0) is 49.9 Å². The fourth-order valence-corrected chi connectivity index (χ4v) is 3.46. The van der Waals surface area contributed by atoms with E-state index in [4.69, 9.17) is 9.84 Å². The van der Waals surface area contributed by atoms with Crippen molar-refractivity contribution in [1.29, 1.82) is 0 Å². The second-order valence-electron chi connectivity index (χ2n) is 6.57. The zero-order valence-electron chi connectivity index (χ0n) is 13.8. The van der Waals surface area contributed by atoms with Crippen molar-refractivity contribution in [3.05, 3.63) is 35.4 Å². The van der Waals surface area contributed by atoms with Crippen molar-refractivity contribution >= 4 is 5.97 Å². The lowest BCUT2D eigenvalue weighted by Gasteiger charge is -2.42. The van der Waals surface area contributed by atoms with Crippen LogP contribution < -0.4 is 0 Å². The van der Waals surface area contributed by atoms with Gasteiger partial charge in [0.15, 0.2) is 0 Å². The summed E-state index contributed by atoms with van der Waals surface area (Å²) < 4.78 is 5.13. The van der Waals surface area contributed by atoms with Crippen molar-refractivity contribution in [3.8, 4) is 0 Å². The lowest BCUT2D eigenvalue weighted by atomic mass is 9.77. The number of likely N-dealkylation sites (tertiary alicyclic amines) is 1. The van der Waals surface area contributed by atoms with Crippen LogP contribution in [0.2, 0.25) is 0 Å². The number of aliphatic hydroxyl groups excluding tert-OH is 1. The van der Waals surface area contributed by atoms with Gasteiger partial charge < -0.3 is 14.9 Å². The number of benzene rings is 1. The van der Waals surface area contributed by atoms with Gasteiger partial charge in [-0.15, -0.1) is 0 Å². The smallest absolute Gasteiger partial charge is 0.335 e. The van der Waals surface area contributed by atoms with Gasteiger partial charge >= 0.3 is 5.97 Å². The second-order valence-corrected chi connectivity index (χ2v) is 6.57. The minimum absolute atomic E-state index is 0.0300. The summed E-state index contributed by atoms with van der Waals surface area (Å²) in [6, 6.07) is 7.06. The van der Waals surface area contributed by atoms with Crippen LogP contribution in [0.4, 0.5) is 0 Å². The van der Waals surface area contributed by atoms with Gasteiger partial charge in [0.05, 0.1) is 5.56 Å². The Morgan fingerprint density at radius 1 is 1.35 bits per heavy atom. The van der Waals surface area contributed by atoms with Gasteiger partial charge in [0.1, 0.15) is 0 Å². The van der Waals surface area contributed by atoms with E-state index in [9.17, 15) is 9.90 Å². The summed E-state index contributed by atoms with van der Waals surface area (Å²) in [6.07, 6.45) is 4.09. The molecule has 23 heavy (non-hydrogen) atoms. The number of carbonyl (C=O) groups is 1. The summed E-state index contributed by atoms with van der Waals surface area (Å²) >= 11 is 0. The molecule has 0 radical (unpaired) electrons. The predicted octanol–water partition coefficient (Wildman–Crippen LogP) is 2.39. The molecule has 0 bridgehead atoms. The summed E-state index contributed by atoms with van der Waals surface area (Å²) in [6.45, 7) is 3.65. The number of methoxy groups -OCH3 is 1. The first kappa shape index (κ1) is 17.9. The van der Waals surface area contributed by atoms with Crippen molar-refractivity contribution in [2.24, 2.45) is 5.41 Å². The normalized spacial score (nSPS) is 22.2. The van der Waals surface area contributed by atoms with E-state index in [0.29, 0.717) is 5.56 Å². The Hall–Kier alpha value is -1.43. The topological polar surface area (TPSA) is 70.0 Å². The Morgan fingerprint density at radius 2 is 2.09 bits per heavy atom. The van der Waals surface area contributed by atoms with Gasteiger partial charge in [-0.3, -0.25) is 4.90 Å². The third-order valence-corrected chi connectivity index (χ3v) is 4.74. The molecule has 1 atom stereocenters. The van der Waals surface area contributed by atoms with Crippen LogP contribution in [-0.4, -0.2) is 54.5 Å². The minimum Gasteiger partial charge on any atom is -0.478 e. The zero-order valence-corrected chi connectivity index (χ0v) is 13.8. The highest BCUT2D eigenvalue weighted by Gasteiger charge is 2.34. The van der Waals surface area contributed by atoms with Crippen molar-refractivity contribution in [2.75, 3.05) is 33.4 Å². The standard InChI is InChI=1S/C18H27NO4/c1-23-11-3-9-18(14-20)8-2-10-19(13-18)12-15-4-6-16(7-5-15)17(21)22/h4-7,20H,2-3,8-14H2,1H3,(H,21,22).